The minimum atomic E-state index is -1.62. The van der Waals surface area contributed by atoms with Gasteiger partial charge in [0.2, 0.25) is 6.41 Å². The minimum Gasteiger partial charge on any atom is -0.391 e. The molecule has 0 heterocycles. The van der Waals surface area contributed by atoms with Crippen LogP contribution in [0.3, 0.4) is 0 Å². The molecule has 0 spiro atoms. The maximum Gasteiger partial charge on any atom is 0.207 e. The predicted molar refractivity (Wildman–Crippen MR) is 42.7 cm³/mol. The zero-order valence-corrected chi connectivity index (χ0v) is 7.12. The fraction of sp³-hybridized carbons (Fsp3) is 0.714. The van der Waals surface area contributed by atoms with Gasteiger partial charge in [-0.3, -0.25) is 4.79 Å². The first-order valence-corrected chi connectivity index (χ1v) is 3.73. The Kier molecular flexibility index (Phi) is 5.20. The highest BCUT2D eigenvalue weighted by Gasteiger charge is 2.29. The van der Waals surface area contributed by atoms with Crippen molar-refractivity contribution in [2.24, 2.45) is 0 Å². The summed E-state index contributed by atoms with van der Waals surface area (Å²) in [6.45, 7) is 1.32. The number of carbonyl (C=O) groups excluding carboxylic acids is 2. The first-order valence-electron chi connectivity index (χ1n) is 3.73. The number of aliphatic hydroxyl groups excluding tert-OH is 3. The third kappa shape index (κ3) is 3.49. The van der Waals surface area contributed by atoms with Crippen molar-refractivity contribution < 1.29 is 24.9 Å². The van der Waals surface area contributed by atoms with Crippen LogP contribution in [-0.4, -0.2) is 52.4 Å². The summed E-state index contributed by atoms with van der Waals surface area (Å²) < 4.78 is 0. The number of nitrogens with one attached hydrogen (secondary N) is 1. The van der Waals surface area contributed by atoms with E-state index in [1.54, 1.807) is 0 Å². The lowest BCUT2D eigenvalue weighted by Gasteiger charge is -2.25. The number of rotatable bonds is 6. The Morgan fingerprint density at radius 2 is 1.77 bits per heavy atom. The van der Waals surface area contributed by atoms with Gasteiger partial charge < -0.3 is 25.4 Å². The number of carbonyl (C=O) groups is 2. The Morgan fingerprint density at radius 1 is 1.23 bits per heavy atom. The molecular weight excluding hydrogens is 178 g/mol. The third-order valence-corrected chi connectivity index (χ3v) is 1.64. The summed E-state index contributed by atoms with van der Waals surface area (Å²) >= 11 is 0. The second-order valence-corrected chi connectivity index (χ2v) is 2.67. The molecule has 0 saturated heterocycles. The van der Waals surface area contributed by atoms with Crippen molar-refractivity contribution in [3.63, 3.8) is 0 Å². The van der Waals surface area contributed by atoms with Gasteiger partial charge in [-0.1, -0.05) is 0 Å². The number of aliphatic hydroxyl groups is 3. The summed E-state index contributed by atoms with van der Waals surface area (Å²) in [5.74, 6) is 0. The zero-order chi connectivity index (χ0) is 10.4. The van der Waals surface area contributed by atoms with E-state index < -0.39 is 24.4 Å². The van der Waals surface area contributed by atoms with Crippen molar-refractivity contribution in [3.8, 4) is 0 Å². The molecule has 0 aromatic carbocycles. The van der Waals surface area contributed by atoms with E-state index in [0.717, 1.165) is 0 Å². The van der Waals surface area contributed by atoms with Crippen LogP contribution in [-0.2, 0) is 9.59 Å². The Hall–Kier alpha value is -0.980. The molecule has 0 radical (unpaired) electrons. The molecule has 0 unspecified atom stereocenters. The number of hydrogen-bond acceptors (Lipinski definition) is 5. The zero-order valence-electron chi connectivity index (χ0n) is 7.12. The molecule has 4 N–H and O–H groups in total. The molecule has 1 amide bonds. The summed E-state index contributed by atoms with van der Waals surface area (Å²) in [6.07, 6.45) is -3.78. The molecule has 4 atom stereocenters. The van der Waals surface area contributed by atoms with Crippen LogP contribution in [0.4, 0.5) is 0 Å². The van der Waals surface area contributed by atoms with E-state index in [1.165, 1.54) is 6.92 Å². The fourth-order valence-electron chi connectivity index (χ4n) is 0.895. The first kappa shape index (κ1) is 12.0. The standard InChI is InChI=1S/C7H13NO5/c1-4(11)6(8-3-10)7(13)5(12)2-9/h2-7,11-13H,1H3,(H,8,10)/t4-,5-,6-,7-/m1/s1. The highest BCUT2D eigenvalue weighted by Crippen LogP contribution is 2.02. The van der Waals surface area contributed by atoms with Crippen molar-refractivity contribution >= 4 is 12.7 Å². The van der Waals surface area contributed by atoms with Crippen LogP contribution in [0.2, 0.25) is 0 Å². The largest absolute Gasteiger partial charge is 0.391 e. The lowest BCUT2D eigenvalue weighted by atomic mass is 10.0. The Bertz CT molecular complexity index is 172. The molecule has 0 aliphatic rings. The van der Waals surface area contributed by atoms with Crippen molar-refractivity contribution in [2.75, 3.05) is 0 Å². The summed E-state index contributed by atoms with van der Waals surface area (Å²) in [4.78, 5) is 20.1. The van der Waals surface area contributed by atoms with Crippen LogP contribution in [0.25, 0.3) is 0 Å². The first-order chi connectivity index (χ1) is 6.04. The molecule has 0 saturated carbocycles. The minimum absolute atomic E-state index is 0.131. The lowest BCUT2D eigenvalue weighted by molar-refractivity contribution is -0.125. The van der Waals surface area contributed by atoms with Crippen LogP contribution in [0, 0.1) is 0 Å². The van der Waals surface area contributed by atoms with Crippen LogP contribution in [0.5, 0.6) is 0 Å². The fourth-order valence-corrected chi connectivity index (χ4v) is 0.895. The normalized spacial score (nSPS) is 19.7. The topological polar surface area (TPSA) is 107 Å². The maximum atomic E-state index is 10.1. The number of amides is 1. The van der Waals surface area contributed by atoms with Gasteiger partial charge in [-0.05, 0) is 6.92 Å². The predicted octanol–water partition coefficient (Wildman–Crippen LogP) is -2.60. The van der Waals surface area contributed by atoms with Crippen LogP contribution < -0.4 is 5.32 Å². The maximum absolute atomic E-state index is 10.1. The second kappa shape index (κ2) is 5.63. The number of aldehydes is 1. The molecule has 13 heavy (non-hydrogen) atoms. The Morgan fingerprint density at radius 3 is 2.08 bits per heavy atom. The van der Waals surface area contributed by atoms with Crippen molar-refractivity contribution in [3.05, 3.63) is 0 Å². The van der Waals surface area contributed by atoms with Crippen molar-refractivity contribution in [1.82, 2.24) is 5.32 Å². The smallest absolute Gasteiger partial charge is 0.207 e. The van der Waals surface area contributed by atoms with Gasteiger partial charge in [0.05, 0.1) is 12.1 Å². The molecule has 76 valence electrons. The van der Waals surface area contributed by atoms with Gasteiger partial charge in [-0.15, -0.1) is 0 Å². The van der Waals surface area contributed by atoms with Crippen molar-refractivity contribution in [2.45, 2.75) is 31.3 Å². The van der Waals surface area contributed by atoms with Gasteiger partial charge in [0.1, 0.15) is 12.2 Å². The molecule has 0 bridgehead atoms. The third-order valence-electron chi connectivity index (χ3n) is 1.64. The van der Waals surface area contributed by atoms with E-state index in [1.807, 2.05) is 0 Å². The van der Waals surface area contributed by atoms with Gasteiger partial charge >= 0.3 is 0 Å². The van der Waals surface area contributed by atoms with Gasteiger partial charge in [0.15, 0.2) is 6.29 Å². The van der Waals surface area contributed by atoms with E-state index >= 15 is 0 Å². The molecule has 0 fully saturated rings. The van der Waals surface area contributed by atoms with E-state index in [0.29, 0.717) is 0 Å². The van der Waals surface area contributed by atoms with E-state index in [-0.39, 0.29) is 12.7 Å². The number of hydrogen-bond donors (Lipinski definition) is 4. The second-order valence-electron chi connectivity index (χ2n) is 2.67. The lowest BCUT2D eigenvalue weighted by Crippen LogP contribution is -2.52. The van der Waals surface area contributed by atoms with Crippen LogP contribution in [0.1, 0.15) is 6.92 Å². The summed E-state index contributed by atoms with van der Waals surface area (Å²) in [5.41, 5.74) is 0. The van der Waals surface area contributed by atoms with Crippen LogP contribution >= 0.6 is 0 Å². The van der Waals surface area contributed by atoms with Crippen molar-refractivity contribution in [1.29, 1.82) is 0 Å². The summed E-state index contributed by atoms with van der Waals surface area (Å²) in [6, 6.07) is -1.06. The molecule has 6 heteroatoms. The SMILES string of the molecule is C[C@@H](O)[C@@H](NC=O)[C@H](O)[C@H](O)C=O. The molecule has 0 aliphatic carbocycles. The average Bonchev–Trinajstić information content (AvgIpc) is 2.11. The summed E-state index contributed by atoms with van der Waals surface area (Å²) in [7, 11) is 0. The van der Waals surface area contributed by atoms with Gasteiger partial charge in [-0.2, -0.15) is 0 Å². The summed E-state index contributed by atoms with van der Waals surface area (Å²) in [5, 5.41) is 29.3. The van der Waals surface area contributed by atoms with Gasteiger partial charge in [-0.25, -0.2) is 0 Å². The monoisotopic (exact) mass is 191 g/mol. The highest BCUT2D eigenvalue weighted by atomic mass is 16.3. The average molecular weight is 191 g/mol. The van der Waals surface area contributed by atoms with E-state index in [9.17, 15) is 14.7 Å². The van der Waals surface area contributed by atoms with E-state index in [4.69, 9.17) is 10.2 Å². The highest BCUT2D eigenvalue weighted by molar-refractivity contribution is 5.57. The molecule has 0 rings (SSSR count). The molecular formula is C7H13NO5. The van der Waals surface area contributed by atoms with Gasteiger partial charge in [0, 0.05) is 0 Å². The quantitative estimate of drug-likeness (QED) is 0.344. The molecule has 6 nitrogen and oxygen atoms in total. The Balaban J connectivity index is 4.34. The molecule has 0 aliphatic heterocycles. The Labute approximate surface area is 75.2 Å². The van der Waals surface area contributed by atoms with Gasteiger partial charge in [0.25, 0.3) is 0 Å². The van der Waals surface area contributed by atoms with E-state index in [2.05, 4.69) is 5.32 Å². The van der Waals surface area contributed by atoms with Crippen LogP contribution in [0.15, 0.2) is 0 Å². The molecule has 0 aromatic rings. The molecule has 0 aromatic heterocycles.